The number of aliphatic hydroxyl groups is 1. The molecule has 3 nitrogen and oxygen atoms in total. The summed E-state index contributed by atoms with van der Waals surface area (Å²) in [5, 5.41) is 19.1. The highest BCUT2D eigenvalue weighted by Crippen LogP contribution is 2.33. The molecule has 88 valence electrons. The second kappa shape index (κ2) is 5.12. The fourth-order valence-corrected chi connectivity index (χ4v) is 1.60. The largest absolute Gasteiger partial charge is 0.481 e. The van der Waals surface area contributed by atoms with Gasteiger partial charge in [0, 0.05) is 0 Å². The minimum atomic E-state index is -0.866. The Hall–Kier alpha value is -1.35. The normalized spacial score (nSPS) is 16.4. The Labute approximate surface area is 95.7 Å². The van der Waals surface area contributed by atoms with Crippen molar-refractivity contribution in [3.8, 4) is 0 Å². The summed E-state index contributed by atoms with van der Waals surface area (Å²) in [6, 6.07) is 9.16. The first-order valence-electron chi connectivity index (χ1n) is 5.46. The molecule has 0 fully saturated rings. The van der Waals surface area contributed by atoms with E-state index in [9.17, 15) is 9.90 Å². The zero-order chi connectivity index (χ0) is 12.2. The summed E-state index contributed by atoms with van der Waals surface area (Å²) in [6.45, 7) is 3.49. The summed E-state index contributed by atoms with van der Waals surface area (Å²) >= 11 is 0. The van der Waals surface area contributed by atoms with Gasteiger partial charge in [-0.1, -0.05) is 37.3 Å². The van der Waals surface area contributed by atoms with Crippen LogP contribution < -0.4 is 0 Å². The smallest absolute Gasteiger partial charge is 0.309 e. The standard InChI is InChI=1S/C13H18O3/c1-3-13(2,12(15)16)9-11(14)10-7-5-4-6-8-10/h4-8,11,14H,3,9H2,1-2H3,(H,15,16). The molecule has 2 unspecified atom stereocenters. The van der Waals surface area contributed by atoms with Gasteiger partial charge in [0.05, 0.1) is 11.5 Å². The van der Waals surface area contributed by atoms with Gasteiger partial charge in [0.15, 0.2) is 0 Å². The van der Waals surface area contributed by atoms with Crippen LogP contribution in [0.25, 0.3) is 0 Å². The molecule has 0 aliphatic rings. The second-order valence-electron chi connectivity index (χ2n) is 4.35. The highest BCUT2D eigenvalue weighted by atomic mass is 16.4. The maximum atomic E-state index is 11.1. The van der Waals surface area contributed by atoms with Crippen LogP contribution in [-0.2, 0) is 4.79 Å². The van der Waals surface area contributed by atoms with E-state index in [1.165, 1.54) is 0 Å². The molecular formula is C13H18O3. The lowest BCUT2D eigenvalue weighted by Gasteiger charge is -2.26. The van der Waals surface area contributed by atoms with Gasteiger partial charge in [0.2, 0.25) is 0 Å². The first-order valence-corrected chi connectivity index (χ1v) is 5.46. The van der Waals surface area contributed by atoms with Crippen molar-refractivity contribution in [2.45, 2.75) is 32.8 Å². The molecule has 16 heavy (non-hydrogen) atoms. The van der Waals surface area contributed by atoms with Crippen LogP contribution in [0.15, 0.2) is 30.3 Å². The predicted octanol–water partition coefficient (Wildman–Crippen LogP) is 2.61. The van der Waals surface area contributed by atoms with Crippen LogP contribution in [-0.4, -0.2) is 16.2 Å². The van der Waals surface area contributed by atoms with Crippen LogP contribution in [0.1, 0.15) is 38.4 Å². The molecule has 0 heterocycles. The third-order valence-corrected chi connectivity index (χ3v) is 3.12. The van der Waals surface area contributed by atoms with Crippen LogP contribution in [0, 0.1) is 5.41 Å². The van der Waals surface area contributed by atoms with Crippen molar-refractivity contribution in [1.29, 1.82) is 0 Å². The van der Waals surface area contributed by atoms with Crippen molar-refractivity contribution in [2.75, 3.05) is 0 Å². The molecule has 0 radical (unpaired) electrons. The van der Waals surface area contributed by atoms with E-state index in [4.69, 9.17) is 5.11 Å². The quantitative estimate of drug-likeness (QED) is 0.805. The van der Waals surface area contributed by atoms with Crippen molar-refractivity contribution >= 4 is 5.97 Å². The van der Waals surface area contributed by atoms with Crippen molar-refractivity contribution in [3.05, 3.63) is 35.9 Å². The summed E-state index contributed by atoms with van der Waals surface area (Å²) in [5.41, 5.74) is -0.0988. The van der Waals surface area contributed by atoms with Gasteiger partial charge in [0.1, 0.15) is 0 Å². The minimum absolute atomic E-state index is 0.239. The molecule has 0 bridgehead atoms. The fraction of sp³-hybridized carbons (Fsp3) is 0.462. The maximum absolute atomic E-state index is 11.1. The topological polar surface area (TPSA) is 57.5 Å². The van der Waals surface area contributed by atoms with Crippen molar-refractivity contribution in [1.82, 2.24) is 0 Å². The minimum Gasteiger partial charge on any atom is -0.481 e. The van der Waals surface area contributed by atoms with Gasteiger partial charge in [-0.2, -0.15) is 0 Å². The van der Waals surface area contributed by atoms with E-state index in [2.05, 4.69) is 0 Å². The number of hydrogen-bond donors (Lipinski definition) is 2. The van der Waals surface area contributed by atoms with Crippen LogP contribution in [0.3, 0.4) is 0 Å². The molecule has 0 spiro atoms. The van der Waals surface area contributed by atoms with E-state index in [1.807, 2.05) is 37.3 Å². The summed E-state index contributed by atoms with van der Waals surface area (Å²) in [4.78, 5) is 11.1. The van der Waals surface area contributed by atoms with Crippen molar-refractivity contribution in [2.24, 2.45) is 5.41 Å². The first kappa shape index (κ1) is 12.7. The number of benzene rings is 1. The average Bonchev–Trinajstić information content (AvgIpc) is 2.29. The third kappa shape index (κ3) is 2.83. The molecule has 0 aromatic heterocycles. The van der Waals surface area contributed by atoms with E-state index in [0.29, 0.717) is 6.42 Å². The van der Waals surface area contributed by atoms with Crippen molar-refractivity contribution < 1.29 is 15.0 Å². The highest BCUT2D eigenvalue weighted by Gasteiger charge is 2.33. The monoisotopic (exact) mass is 222 g/mol. The van der Waals surface area contributed by atoms with Crippen LogP contribution in [0.2, 0.25) is 0 Å². The molecule has 0 aliphatic heterocycles. The summed E-state index contributed by atoms with van der Waals surface area (Å²) in [5.74, 6) is -0.856. The Balaban J connectivity index is 2.78. The molecule has 1 rings (SSSR count). The average molecular weight is 222 g/mol. The lowest BCUT2D eigenvalue weighted by molar-refractivity contribution is -0.150. The van der Waals surface area contributed by atoms with E-state index in [-0.39, 0.29) is 6.42 Å². The molecule has 3 heteroatoms. The van der Waals surface area contributed by atoms with Gasteiger partial charge in [-0.05, 0) is 25.3 Å². The van der Waals surface area contributed by atoms with Gasteiger partial charge < -0.3 is 10.2 Å². The van der Waals surface area contributed by atoms with E-state index in [1.54, 1.807) is 6.92 Å². The number of carboxylic acids is 1. The van der Waals surface area contributed by atoms with E-state index < -0.39 is 17.5 Å². The molecule has 1 aromatic carbocycles. The fourth-order valence-electron chi connectivity index (χ4n) is 1.60. The van der Waals surface area contributed by atoms with Gasteiger partial charge >= 0.3 is 5.97 Å². The van der Waals surface area contributed by atoms with Gasteiger partial charge in [-0.25, -0.2) is 0 Å². The zero-order valence-corrected chi connectivity index (χ0v) is 9.68. The lowest BCUT2D eigenvalue weighted by Crippen LogP contribution is -2.28. The van der Waals surface area contributed by atoms with E-state index in [0.717, 1.165) is 5.56 Å². The number of aliphatic carboxylic acids is 1. The van der Waals surface area contributed by atoms with Gasteiger partial charge in [0.25, 0.3) is 0 Å². The molecule has 0 amide bonds. The maximum Gasteiger partial charge on any atom is 0.309 e. The number of hydrogen-bond acceptors (Lipinski definition) is 2. The SMILES string of the molecule is CCC(C)(CC(O)c1ccccc1)C(=O)O. The highest BCUT2D eigenvalue weighted by molar-refractivity contribution is 5.74. The van der Waals surface area contributed by atoms with Gasteiger partial charge in [-0.3, -0.25) is 4.79 Å². The molecule has 0 aliphatic carbocycles. The Kier molecular flexibility index (Phi) is 4.07. The van der Waals surface area contributed by atoms with E-state index >= 15 is 0 Å². The molecule has 0 saturated carbocycles. The van der Waals surface area contributed by atoms with Crippen molar-refractivity contribution in [3.63, 3.8) is 0 Å². The molecule has 2 N–H and O–H groups in total. The number of carboxylic acid groups (broad SMARTS) is 1. The molecule has 0 saturated heterocycles. The number of aliphatic hydroxyl groups excluding tert-OH is 1. The van der Waals surface area contributed by atoms with Gasteiger partial charge in [-0.15, -0.1) is 0 Å². The Morgan fingerprint density at radius 2 is 1.94 bits per heavy atom. The summed E-state index contributed by atoms with van der Waals surface area (Å²) in [7, 11) is 0. The van der Waals surface area contributed by atoms with Crippen LogP contribution >= 0.6 is 0 Å². The Bertz CT molecular complexity index is 347. The van der Waals surface area contributed by atoms with Crippen LogP contribution in [0.5, 0.6) is 0 Å². The lowest BCUT2D eigenvalue weighted by atomic mass is 9.80. The summed E-state index contributed by atoms with van der Waals surface area (Å²) in [6.07, 6.45) is 0.0250. The second-order valence-corrected chi connectivity index (χ2v) is 4.35. The Morgan fingerprint density at radius 3 is 2.38 bits per heavy atom. The molecular weight excluding hydrogens is 204 g/mol. The number of rotatable bonds is 5. The Morgan fingerprint density at radius 1 is 1.38 bits per heavy atom. The molecule has 2 atom stereocenters. The first-order chi connectivity index (χ1) is 7.49. The molecule has 1 aromatic rings. The zero-order valence-electron chi connectivity index (χ0n) is 9.68. The third-order valence-electron chi connectivity index (χ3n) is 3.12. The summed E-state index contributed by atoms with van der Waals surface area (Å²) < 4.78 is 0. The number of carbonyl (C=O) groups is 1. The van der Waals surface area contributed by atoms with Crippen LogP contribution in [0.4, 0.5) is 0 Å². The predicted molar refractivity (Wildman–Crippen MR) is 62.1 cm³/mol.